The molecule has 0 amide bonds. The highest BCUT2D eigenvalue weighted by Gasteiger charge is 2.08. The Labute approximate surface area is 151 Å². The molecule has 0 atom stereocenters. The second kappa shape index (κ2) is 8.84. The topological polar surface area (TPSA) is 65.2 Å². The molecule has 0 saturated carbocycles. The lowest BCUT2D eigenvalue weighted by atomic mass is 10.0. The fourth-order valence-electron chi connectivity index (χ4n) is 2.21. The number of nitrogens with zero attached hydrogens (tertiary/aromatic N) is 2. The van der Waals surface area contributed by atoms with Crippen molar-refractivity contribution < 1.29 is 10.4 Å². The molecule has 0 spiro atoms. The van der Waals surface area contributed by atoms with Crippen LogP contribution in [0.3, 0.4) is 0 Å². The largest absolute Gasteiger partial charge is 0.411 e. The van der Waals surface area contributed by atoms with E-state index < -0.39 is 0 Å². The van der Waals surface area contributed by atoms with Crippen molar-refractivity contribution in [2.24, 2.45) is 10.3 Å². The first-order chi connectivity index (χ1) is 11.1. The molecule has 2 aromatic carbocycles. The third-order valence-electron chi connectivity index (χ3n) is 3.42. The second-order valence-electron chi connectivity index (χ2n) is 4.96. The summed E-state index contributed by atoms with van der Waals surface area (Å²) >= 11 is 6.76. The van der Waals surface area contributed by atoms with Crippen LogP contribution in [0.25, 0.3) is 0 Å². The fraction of sp³-hybridized carbons (Fsp3) is 0.176. The minimum Gasteiger partial charge on any atom is -0.411 e. The Kier molecular flexibility index (Phi) is 6.80. The summed E-state index contributed by atoms with van der Waals surface area (Å²) in [6, 6.07) is 15.2. The minimum atomic E-state index is 0.591. The zero-order chi connectivity index (χ0) is 16.7. The van der Waals surface area contributed by atoms with Crippen LogP contribution in [0.5, 0.6) is 0 Å². The molecule has 0 saturated heterocycles. The summed E-state index contributed by atoms with van der Waals surface area (Å²) in [4.78, 5) is 0. The van der Waals surface area contributed by atoms with Crippen molar-refractivity contribution in [2.45, 2.75) is 19.3 Å². The van der Waals surface area contributed by atoms with E-state index in [0.29, 0.717) is 30.7 Å². The van der Waals surface area contributed by atoms with Crippen LogP contribution in [0, 0.1) is 0 Å². The monoisotopic (exact) mass is 438 g/mol. The van der Waals surface area contributed by atoms with Crippen LogP contribution in [-0.4, -0.2) is 21.8 Å². The zero-order valence-corrected chi connectivity index (χ0v) is 15.5. The van der Waals surface area contributed by atoms with E-state index in [9.17, 15) is 10.4 Å². The molecule has 6 heteroatoms. The molecule has 0 unspecified atom stereocenters. The quantitative estimate of drug-likeness (QED) is 0.357. The molecule has 0 fully saturated rings. The predicted octanol–water partition coefficient (Wildman–Crippen LogP) is 5.44. The lowest BCUT2D eigenvalue weighted by molar-refractivity contribution is 0.317. The minimum absolute atomic E-state index is 0.591. The summed E-state index contributed by atoms with van der Waals surface area (Å²) < 4.78 is 1.95. The molecule has 0 heterocycles. The van der Waals surface area contributed by atoms with Gasteiger partial charge in [-0.3, -0.25) is 0 Å². The number of oxime groups is 2. The molecular weight excluding hydrogens is 424 g/mol. The Morgan fingerprint density at radius 2 is 1.04 bits per heavy atom. The molecule has 120 valence electrons. The standard InChI is InChI=1S/C17H16Br2N2O2/c18-14-8-4-12(5-9-14)16(20-22)2-1-3-17(21-23)13-6-10-15(19)11-7-13/h4-11,22-23H,1-3H2. The maximum absolute atomic E-state index is 9.21. The van der Waals surface area contributed by atoms with Crippen molar-refractivity contribution in [3.8, 4) is 0 Å². The summed E-state index contributed by atoms with van der Waals surface area (Å²) in [5.74, 6) is 0. The van der Waals surface area contributed by atoms with Crippen molar-refractivity contribution in [3.63, 3.8) is 0 Å². The average molecular weight is 440 g/mol. The van der Waals surface area contributed by atoms with Gasteiger partial charge in [-0.2, -0.15) is 0 Å². The Morgan fingerprint density at radius 3 is 1.35 bits per heavy atom. The van der Waals surface area contributed by atoms with E-state index in [1.165, 1.54) is 0 Å². The highest BCUT2D eigenvalue weighted by molar-refractivity contribution is 9.10. The van der Waals surface area contributed by atoms with Gasteiger partial charge in [0.2, 0.25) is 0 Å². The number of halogens is 2. The average Bonchev–Trinajstić information content (AvgIpc) is 2.57. The highest BCUT2D eigenvalue weighted by Crippen LogP contribution is 2.16. The predicted molar refractivity (Wildman–Crippen MR) is 98.8 cm³/mol. The number of hydrogen-bond acceptors (Lipinski definition) is 4. The first-order valence-electron chi connectivity index (χ1n) is 7.08. The fourth-order valence-corrected chi connectivity index (χ4v) is 2.74. The molecule has 0 radical (unpaired) electrons. The maximum Gasteiger partial charge on any atom is 0.0867 e. The van der Waals surface area contributed by atoms with Gasteiger partial charge < -0.3 is 10.4 Å². The van der Waals surface area contributed by atoms with Gasteiger partial charge in [0.1, 0.15) is 0 Å². The van der Waals surface area contributed by atoms with Crippen molar-refractivity contribution >= 4 is 43.3 Å². The molecule has 2 N–H and O–H groups in total. The number of rotatable bonds is 6. The SMILES string of the molecule is ON=C(CCCC(=NO)c1ccc(Br)cc1)c1ccc(Br)cc1. The van der Waals surface area contributed by atoms with E-state index in [4.69, 9.17) is 0 Å². The van der Waals surface area contributed by atoms with Crippen LogP contribution >= 0.6 is 31.9 Å². The van der Waals surface area contributed by atoms with Crippen molar-refractivity contribution in [2.75, 3.05) is 0 Å². The summed E-state index contributed by atoms with van der Waals surface area (Å²) in [7, 11) is 0. The molecule has 4 nitrogen and oxygen atoms in total. The molecule has 0 bridgehead atoms. The van der Waals surface area contributed by atoms with Gasteiger partial charge in [-0.05, 0) is 54.7 Å². The number of benzene rings is 2. The van der Waals surface area contributed by atoms with E-state index >= 15 is 0 Å². The third-order valence-corrected chi connectivity index (χ3v) is 4.48. The van der Waals surface area contributed by atoms with Gasteiger partial charge in [0.15, 0.2) is 0 Å². The molecule has 0 aromatic heterocycles. The van der Waals surface area contributed by atoms with Crippen molar-refractivity contribution in [3.05, 3.63) is 68.6 Å². The maximum atomic E-state index is 9.21. The summed E-state index contributed by atoms with van der Waals surface area (Å²) in [5, 5.41) is 25.2. The molecule has 0 aliphatic heterocycles. The molecule has 0 aliphatic rings. The van der Waals surface area contributed by atoms with Crippen molar-refractivity contribution in [1.82, 2.24) is 0 Å². The van der Waals surface area contributed by atoms with E-state index in [-0.39, 0.29) is 0 Å². The summed E-state index contributed by atoms with van der Waals surface area (Å²) in [6.07, 6.45) is 1.90. The lowest BCUT2D eigenvalue weighted by Gasteiger charge is -2.07. The molecule has 23 heavy (non-hydrogen) atoms. The molecular formula is C17H16Br2N2O2. The van der Waals surface area contributed by atoms with Crippen LogP contribution in [-0.2, 0) is 0 Å². The smallest absolute Gasteiger partial charge is 0.0867 e. The highest BCUT2D eigenvalue weighted by atomic mass is 79.9. The van der Waals surface area contributed by atoms with Crippen LogP contribution in [0.15, 0.2) is 67.8 Å². The molecule has 2 rings (SSSR count). The second-order valence-corrected chi connectivity index (χ2v) is 6.79. The first-order valence-corrected chi connectivity index (χ1v) is 8.66. The first kappa shape index (κ1) is 17.7. The molecule has 2 aromatic rings. The van der Waals surface area contributed by atoms with Crippen molar-refractivity contribution in [1.29, 1.82) is 0 Å². The Morgan fingerprint density at radius 1 is 0.696 bits per heavy atom. The Hall–Kier alpha value is -1.66. The Bertz CT molecular complexity index is 634. The van der Waals surface area contributed by atoms with Crippen LogP contribution in [0.2, 0.25) is 0 Å². The van der Waals surface area contributed by atoms with E-state index in [1.54, 1.807) is 0 Å². The van der Waals surface area contributed by atoms with Gasteiger partial charge in [0.05, 0.1) is 11.4 Å². The molecule has 0 aliphatic carbocycles. The van der Waals surface area contributed by atoms with Crippen LogP contribution in [0.1, 0.15) is 30.4 Å². The van der Waals surface area contributed by atoms with E-state index in [1.807, 2.05) is 48.5 Å². The van der Waals surface area contributed by atoms with E-state index in [0.717, 1.165) is 20.1 Å². The normalized spacial score (nSPS) is 12.4. The van der Waals surface area contributed by atoms with Gasteiger partial charge in [-0.15, -0.1) is 0 Å². The van der Waals surface area contributed by atoms with E-state index in [2.05, 4.69) is 42.2 Å². The summed E-state index contributed by atoms with van der Waals surface area (Å²) in [5.41, 5.74) is 2.99. The Balaban J connectivity index is 1.96. The zero-order valence-electron chi connectivity index (χ0n) is 12.3. The summed E-state index contributed by atoms with van der Waals surface area (Å²) in [6.45, 7) is 0. The van der Waals surface area contributed by atoms with Crippen LogP contribution in [0.4, 0.5) is 0 Å². The van der Waals surface area contributed by atoms with Gasteiger partial charge in [-0.25, -0.2) is 0 Å². The van der Waals surface area contributed by atoms with Gasteiger partial charge in [0, 0.05) is 8.95 Å². The van der Waals surface area contributed by atoms with Gasteiger partial charge >= 0.3 is 0 Å². The van der Waals surface area contributed by atoms with Crippen LogP contribution < -0.4 is 0 Å². The van der Waals surface area contributed by atoms with Gasteiger partial charge in [0.25, 0.3) is 0 Å². The lowest BCUT2D eigenvalue weighted by Crippen LogP contribution is -2.05. The number of hydrogen-bond donors (Lipinski definition) is 2. The third kappa shape index (κ3) is 5.18. The van der Waals surface area contributed by atoms with Gasteiger partial charge in [-0.1, -0.05) is 66.4 Å².